The number of nitrogens with zero attached hydrogens (tertiary/aromatic N) is 3. The van der Waals surface area contributed by atoms with E-state index in [1.54, 1.807) is 13.4 Å². The number of aromatic nitrogens is 1. The molecule has 110 valence electrons. The Hall–Kier alpha value is -2.41. The molecule has 0 atom stereocenters. The van der Waals surface area contributed by atoms with Crippen molar-refractivity contribution in [2.45, 2.75) is 6.92 Å². The number of nitrogens with one attached hydrogen (secondary N) is 2. The third kappa shape index (κ3) is 4.28. The highest BCUT2D eigenvalue weighted by Crippen LogP contribution is 2.27. The number of thiazole rings is 1. The summed E-state index contributed by atoms with van der Waals surface area (Å²) in [6, 6.07) is 7.90. The maximum Gasteiger partial charge on any atom is 0.194 e. The third-order valence-electron chi connectivity index (χ3n) is 2.63. The van der Waals surface area contributed by atoms with Gasteiger partial charge in [0.05, 0.1) is 17.7 Å². The molecule has 0 amide bonds. The van der Waals surface area contributed by atoms with E-state index >= 15 is 0 Å². The number of hydrogen-bond acceptors (Lipinski definition) is 4. The molecule has 0 aliphatic carbocycles. The van der Waals surface area contributed by atoms with E-state index in [0.717, 1.165) is 28.6 Å². The number of rotatable bonds is 5. The normalized spacial score (nSPS) is 11.8. The lowest BCUT2D eigenvalue weighted by molar-refractivity contribution is 0.987. The van der Waals surface area contributed by atoms with Crippen molar-refractivity contribution in [1.82, 2.24) is 10.3 Å². The topological polar surface area (TPSA) is 87.7 Å². The van der Waals surface area contributed by atoms with Crippen LogP contribution >= 0.6 is 11.3 Å². The van der Waals surface area contributed by atoms with Crippen LogP contribution < -0.4 is 16.4 Å². The molecule has 0 aliphatic rings. The van der Waals surface area contributed by atoms with E-state index in [1.807, 2.05) is 36.6 Å². The van der Waals surface area contributed by atoms with Gasteiger partial charge in [-0.05, 0) is 19.1 Å². The standard InChI is InChI=1S/C14H18N6S/c1-3-17-9-18-11-6-4-5-10(7-11)12-8-21-14(19-12)20-13(15)16-2/h4-9H,3H2,1-2H3,(H,17,18)(H3,15,16,19,20). The van der Waals surface area contributed by atoms with Gasteiger partial charge in [-0.1, -0.05) is 12.1 Å². The lowest BCUT2D eigenvalue weighted by Gasteiger charge is -2.00. The maximum atomic E-state index is 5.62. The molecule has 2 aromatic rings. The van der Waals surface area contributed by atoms with Crippen LogP contribution in [0.2, 0.25) is 0 Å². The largest absolute Gasteiger partial charge is 0.376 e. The van der Waals surface area contributed by atoms with Gasteiger partial charge in [0.1, 0.15) is 0 Å². The highest BCUT2D eigenvalue weighted by Gasteiger charge is 2.05. The second-order valence-corrected chi connectivity index (χ2v) is 5.00. The first-order valence-corrected chi connectivity index (χ1v) is 7.42. The molecule has 0 spiro atoms. The van der Waals surface area contributed by atoms with Crippen molar-refractivity contribution in [3.63, 3.8) is 0 Å². The zero-order valence-corrected chi connectivity index (χ0v) is 12.8. The zero-order chi connectivity index (χ0) is 15.1. The number of hydrogen-bond donors (Lipinski definition) is 3. The van der Waals surface area contributed by atoms with Crippen LogP contribution in [0.3, 0.4) is 0 Å². The predicted molar refractivity (Wildman–Crippen MR) is 90.5 cm³/mol. The molecular weight excluding hydrogens is 284 g/mol. The van der Waals surface area contributed by atoms with Crippen LogP contribution in [0, 0.1) is 0 Å². The fourth-order valence-corrected chi connectivity index (χ4v) is 2.31. The molecule has 2 rings (SSSR count). The molecule has 6 nitrogen and oxygen atoms in total. The molecule has 4 N–H and O–H groups in total. The van der Waals surface area contributed by atoms with Crippen molar-refractivity contribution in [3.8, 4) is 11.3 Å². The first-order valence-electron chi connectivity index (χ1n) is 6.54. The molecule has 7 heteroatoms. The van der Waals surface area contributed by atoms with Gasteiger partial charge >= 0.3 is 0 Å². The molecule has 0 fully saturated rings. The van der Waals surface area contributed by atoms with E-state index in [4.69, 9.17) is 5.73 Å². The molecular formula is C14H18N6S. The number of guanidine groups is 1. The van der Waals surface area contributed by atoms with Crippen molar-refractivity contribution >= 4 is 34.5 Å². The molecule has 1 aromatic carbocycles. The number of nitrogens with two attached hydrogens (primary N) is 1. The van der Waals surface area contributed by atoms with Gasteiger partial charge in [-0.3, -0.25) is 4.99 Å². The molecule has 0 saturated carbocycles. The molecule has 1 heterocycles. The predicted octanol–water partition coefficient (Wildman–Crippen LogP) is 2.44. The fraction of sp³-hybridized carbons (Fsp3) is 0.214. The van der Waals surface area contributed by atoms with Gasteiger partial charge in [-0.15, -0.1) is 11.3 Å². The quantitative estimate of drug-likeness (QED) is 0.585. The van der Waals surface area contributed by atoms with E-state index < -0.39 is 0 Å². The van der Waals surface area contributed by atoms with Crippen LogP contribution in [0.4, 0.5) is 10.8 Å². The fourth-order valence-electron chi connectivity index (χ4n) is 1.59. The summed E-state index contributed by atoms with van der Waals surface area (Å²) in [6.07, 6.45) is 1.70. The average Bonchev–Trinajstić information content (AvgIpc) is 2.96. The summed E-state index contributed by atoms with van der Waals surface area (Å²) in [7, 11) is 1.63. The van der Waals surface area contributed by atoms with Crippen molar-refractivity contribution in [2.75, 3.05) is 18.9 Å². The van der Waals surface area contributed by atoms with Gasteiger partial charge < -0.3 is 16.4 Å². The Bertz CT molecular complexity index is 646. The van der Waals surface area contributed by atoms with E-state index in [-0.39, 0.29) is 0 Å². The molecule has 0 bridgehead atoms. The van der Waals surface area contributed by atoms with E-state index in [1.165, 1.54) is 11.3 Å². The minimum absolute atomic E-state index is 0.347. The molecule has 0 aliphatic heterocycles. The zero-order valence-electron chi connectivity index (χ0n) is 12.0. The van der Waals surface area contributed by atoms with Crippen molar-refractivity contribution in [1.29, 1.82) is 0 Å². The highest BCUT2D eigenvalue weighted by atomic mass is 32.1. The van der Waals surface area contributed by atoms with Crippen molar-refractivity contribution < 1.29 is 0 Å². The molecule has 0 unspecified atom stereocenters. The second-order valence-electron chi connectivity index (χ2n) is 4.14. The summed E-state index contributed by atoms with van der Waals surface area (Å²) < 4.78 is 0. The SMILES string of the molecule is CCN/C=N/c1cccc(-c2csc(N/C(N)=N\C)n2)c1. The first-order chi connectivity index (χ1) is 10.2. The Kier molecular flexibility index (Phi) is 5.28. The minimum atomic E-state index is 0.347. The lowest BCUT2D eigenvalue weighted by atomic mass is 10.1. The van der Waals surface area contributed by atoms with Gasteiger partial charge in [-0.25, -0.2) is 9.98 Å². The summed E-state index contributed by atoms with van der Waals surface area (Å²) >= 11 is 1.48. The summed E-state index contributed by atoms with van der Waals surface area (Å²) in [4.78, 5) is 12.7. The number of benzene rings is 1. The Labute approximate surface area is 127 Å². The van der Waals surface area contributed by atoms with Gasteiger partial charge in [0.15, 0.2) is 11.1 Å². The lowest BCUT2D eigenvalue weighted by Crippen LogP contribution is -2.21. The van der Waals surface area contributed by atoms with Crippen LogP contribution in [-0.2, 0) is 0 Å². The van der Waals surface area contributed by atoms with E-state index in [2.05, 4.69) is 25.6 Å². The van der Waals surface area contributed by atoms with Gasteiger partial charge in [0.25, 0.3) is 0 Å². The van der Waals surface area contributed by atoms with Crippen molar-refractivity contribution in [3.05, 3.63) is 29.6 Å². The smallest absolute Gasteiger partial charge is 0.194 e. The van der Waals surface area contributed by atoms with Crippen LogP contribution in [0.15, 0.2) is 39.6 Å². The number of anilines is 1. The second kappa shape index (κ2) is 7.39. The summed E-state index contributed by atoms with van der Waals surface area (Å²) in [5.41, 5.74) is 8.40. The van der Waals surface area contributed by atoms with Gasteiger partial charge in [0, 0.05) is 24.5 Å². The molecule has 0 radical (unpaired) electrons. The first kappa shape index (κ1) is 15.0. The Morgan fingerprint density at radius 3 is 3.10 bits per heavy atom. The van der Waals surface area contributed by atoms with Crippen LogP contribution in [0.25, 0.3) is 11.3 Å². The van der Waals surface area contributed by atoms with Gasteiger partial charge in [0.2, 0.25) is 0 Å². The molecule has 0 saturated heterocycles. The maximum absolute atomic E-state index is 5.62. The summed E-state index contributed by atoms with van der Waals surface area (Å²) in [5, 5.41) is 8.67. The molecule has 21 heavy (non-hydrogen) atoms. The van der Waals surface area contributed by atoms with Gasteiger partial charge in [-0.2, -0.15) is 0 Å². The third-order valence-corrected chi connectivity index (χ3v) is 3.39. The summed E-state index contributed by atoms with van der Waals surface area (Å²) in [5.74, 6) is 0.347. The minimum Gasteiger partial charge on any atom is -0.376 e. The Morgan fingerprint density at radius 1 is 1.48 bits per heavy atom. The highest BCUT2D eigenvalue weighted by molar-refractivity contribution is 7.14. The van der Waals surface area contributed by atoms with Crippen LogP contribution in [-0.4, -0.2) is 30.9 Å². The van der Waals surface area contributed by atoms with Crippen LogP contribution in [0.5, 0.6) is 0 Å². The average molecular weight is 302 g/mol. The summed E-state index contributed by atoms with van der Waals surface area (Å²) in [6.45, 7) is 2.88. The Morgan fingerprint density at radius 2 is 2.33 bits per heavy atom. The number of aliphatic imine (C=N–C) groups is 2. The molecule has 1 aromatic heterocycles. The van der Waals surface area contributed by atoms with Crippen molar-refractivity contribution in [2.24, 2.45) is 15.7 Å². The van der Waals surface area contributed by atoms with E-state index in [0.29, 0.717) is 5.96 Å². The Balaban J connectivity index is 2.16. The van der Waals surface area contributed by atoms with Crippen LogP contribution in [0.1, 0.15) is 6.92 Å². The monoisotopic (exact) mass is 302 g/mol. The van der Waals surface area contributed by atoms with E-state index in [9.17, 15) is 0 Å².